The summed E-state index contributed by atoms with van der Waals surface area (Å²) in [6.45, 7) is 11.2. The Kier molecular flexibility index (Phi) is 9.09. The van der Waals surface area contributed by atoms with Gasteiger partial charge in [-0.1, -0.05) is 36.9 Å². The summed E-state index contributed by atoms with van der Waals surface area (Å²) in [5.41, 5.74) is 2.23. The van der Waals surface area contributed by atoms with Crippen LogP contribution >= 0.6 is 15.9 Å². The van der Waals surface area contributed by atoms with Crippen LogP contribution in [0.5, 0.6) is 11.6 Å². The Bertz CT molecular complexity index is 1280. The van der Waals surface area contributed by atoms with Crippen LogP contribution in [0.15, 0.2) is 40.1 Å². The van der Waals surface area contributed by atoms with E-state index in [-0.39, 0.29) is 23.8 Å². The van der Waals surface area contributed by atoms with Crippen molar-refractivity contribution in [3.63, 3.8) is 0 Å². The number of carbonyl (C=O) groups is 1. The molecule has 2 aromatic heterocycles. The van der Waals surface area contributed by atoms with Crippen LogP contribution in [0, 0.1) is 12.7 Å². The van der Waals surface area contributed by atoms with Crippen molar-refractivity contribution in [1.82, 2.24) is 14.9 Å². The summed E-state index contributed by atoms with van der Waals surface area (Å²) in [5, 5.41) is 15.0. The minimum Gasteiger partial charge on any atom is -0.450 e. The molecule has 0 saturated heterocycles. The van der Waals surface area contributed by atoms with E-state index in [1.807, 2.05) is 6.92 Å². The van der Waals surface area contributed by atoms with Crippen molar-refractivity contribution >= 4 is 47.0 Å². The number of pyridine rings is 1. The molecule has 0 aliphatic carbocycles. The SMILES string of the molecule is CCOC(=O)N/C(=N\O)c1ccc(C)c(Oc2cc3nc(Br)c(F)cc3n2COCC[Si](C)(C)C)c1. The average Bonchev–Trinajstić information content (AvgIpc) is 3.12. The molecular formula is C24H30BrFN4O5Si. The number of benzene rings is 1. The van der Waals surface area contributed by atoms with Gasteiger partial charge in [0.25, 0.3) is 0 Å². The van der Waals surface area contributed by atoms with Gasteiger partial charge in [-0.2, -0.15) is 0 Å². The van der Waals surface area contributed by atoms with Gasteiger partial charge in [-0.05, 0) is 47.5 Å². The van der Waals surface area contributed by atoms with E-state index < -0.39 is 20.0 Å². The summed E-state index contributed by atoms with van der Waals surface area (Å²) in [6.07, 6.45) is -0.748. The van der Waals surface area contributed by atoms with E-state index in [4.69, 9.17) is 14.2 Å². The third-order valence-corrected chi connectivity index (χ3v) is 7.51. The summed E-state index contributed by atoms with van der Waals surface area (Å²) in [6, 6.07) is 9.11. The zero-order valence-electron chi connectivity index (χ0n) is 20.9. The van der Waals surface area contributed by atoms with E-state index in [9.17, 15) is 14.4 Å². The number of hydrogen-bond acceptors (Lipinski definition) is 7. The summed E-state index contributed by atoms with van der Waals surface area (Å²) in [4.78, 5) is 16.1. The molecule has 3 aromatic rings. The Morgan fingerprint density at radius 2 is 2.03 bits per heavy atom. The molecule has 36 heavy (non-hydrogen) atoms. The third kappa shape index (κ3) is 7.05. The highest BCUT2D eigenvalue weighted by molar-refractivity contribution is 9.10. The molecular weight excluding hydrogens is 551 g/mol. The van der Waals surface area contributed by atoms with Gasteiger partial charge in [0.15, 0.2) is 11.7 Å². The fourth-order valence-electron chi connectivity index (χ4n) is 3.25. The quantitative estimate of drug-likeness (QED) is 0.0590. The van der Waals surface area contributed by atoms with Gasteiger partial charge in [0, 0.05) is 32.4 Å². The number of nitrogens with one attached hydrogen (secondary N) is 1. The van der Waals surface area contributed by atoms with Gasteiger partial charge < -0.3 is 19.4 Å². The van der Waals surface area contributed by atoms with Crippen LogP contribution in [0.4, 0.5) is 9.18 Å². The monoisotopic (exact) mass is 580 g/mol. The second-order valence-corrected chi connectivity index (χ2v) is 15.7. The second-order valence-electron chi connectivity index (χ2n) is 9.30. The van der Waals surface area contributed by atoms with Crippen LogP contribution in [0.2, 0.25) is 25.7 Å². The number of hydrogen-bond donors (Lipinski definition) is 2. The lowest BCUT2D eigenvalue weighted by Gasteiger charge is -2.17. The standard InChI is InChI=1S/C24H30BrFN4O5Si/c1-6-34-24(31)28-23(29-32)16-8-7-15(2)20(11-16)35-21-13-18-19(12-17(26)22(25)27-18)30(21)14-33-9-10-36(3,4)5/h7-8,11-13,32H,6,9-10,14H2,1-5H3,(H,28,29,31). The molecule has 2 heterocycles. The first-order valence-corrected chi connectivity index (χ1v) is 15.9. The first-order valence-electron chi connectivity index (χ1n) is 11.4. The molecule has 1 aromatic carbocycles. The van der Waals surface area contributed by atoms with Crippen molar-refractivity contribution in [1.29, 1.82) is 0 Å². The van der Waals surface area contributed by atoms with Crippen LogP contribution < -0.4 is 10.1 Å². The number of carbonyl (C=O) groups excluding carboxylic acids is 1. The predicted molar refractivity (Wildman–Crippen MR) is 141 cm³/mol. The molecule has 2 N–H and O–H groups in total. The number of aryl methyl sites for hydroxylation is 1. The molecule has 194 valence electrons. The van der Waals surface area contributed by atoms with E-state index in [1.54, 1.807) is 35.8 Å². The smallest absolute Gasteiger partial charge is 0.412 e. The molecule has 0 atom stereocenters. The minimum absolute atomic E-state index is 0.0961. The first-order chi connectivity index (χ1) is 17.0. The van der Waals surface area contributed by atoms with Gasteiger partial charge in [-0.3, -0.25) is 9.88 Å². The fraction of sp³-hybridized carbons (Fsp3) is 0.375. The van der Waals surface area contributed by atoms with Crippen molar-refractivity contribution in [2.45, 2.75) is 46.3 Å². The van der Waals surface area contributed by atoms with E-state index >= 15 is 0 Å². The van der Waals surface area contributed by atoms with Crippen molar-refractivity contribution in [3.8, 4) is 11.6 Å². The van der Waals surface area contributed by atoms with Gasteiger partial charge in [0.05, 0.1) is 17.6 Å². The van der Waals surface area contributed by atoms with Crippen molar-refractivity contribution in [2.24, 2.45) is 5.16 Å². The fourth-order valence-corrected chi connectivity index (χ4v) is 4.31. The highest BCUT2D eigenvalue weighted by atomic mass is 79.9. The largest absolute Gasteiger partial charge is 0.450 e. The number of ether oxygens (including phenoxy) is 3. The number of alkyl carbamates (subject to hydrolysis) is 1. The van der Waals surface area contributed by atoms with Crippen molar-refractivity contribution < 1.29 is 28.6 Å². The number of amides is 1. The number of oxime groups is 1. The van der Waals surface area contributed by atoms with E-state index in [0.717, 1.165) is 11.6 Å². The molecule has 9 nitrogen and oxygen atoms in total. The van der Waals surface area contributed by atoms with E-state index in [2.05, 4.69) is 51.0 Å². The molecule has 0 bridgehead atoms. The number of aromatic nitrogens is 2. The molecule has 3 rings (SSSR count). The number of amidine groups is 1. The Labute approximate surface area is 218 Å². The van der Waals surface area contributed by atoms with Crippen molar-refractivity contribution in [3.05, 3.63) is 51.9 Å². The molecule has 12 heteroatoms. The number of rotatable bonds is 9. The second kappa shape index (κ2) is 11.8. The Hall–Kier alpha value is -2.96. The van der Waals surface area contributed by atoms with Gasteiger partial charge in [0.1, 0.15) is 17.1 Å². The Morgan fingerprint density at radius 3 is 2.69 bits per heavy atom. The van der Waals surface area contributed by atoms with Crippen LogP contribution in [0.3, 0.4) is 0 Å². The normalized spacial score (nSPS) is 12.1. The highest BCUT2D eigenvalue weighted by Gasteiger charge is 2.18. The van der Waals surface area contributed by atoms with Gasteiger partial charge in [0.2, 0.25) is 5.88 Å². The minimum atomic E-state index is -1.28. The zero-order chi connectivity index (χ0) is 26.5. The Balaban J connectivity index is 1.94. The number of nitrogens with zero attached hydrogens (tertiary/aromatic N) is 3. The maximum absolute atomic E-state index is 14.3. The van der Waals surface area contributed by atoms with Crippen LogP contribution in [-0.2, 0) is 16.2 Å². The number of fused-ring (bicyclic) bond motifs is 1. The first kappa shape index (κ1) is 27.6. The maximum Gasteiger partial charge on any atom is 0.412 e. The van der Waals surface area contributed by atoms with Crippen LogP contribution in [0.25, 0.3) is 11.0 Å². The molecule has 0 unspecified atom stereocenters. The molecule has 0 radical (unpaired) electrons. The van der Waals surface area contributed by atoms with Crippen molar-refractivity contribution in [2.75, 3.05) is 13.2 Å². The lowest BCUT2D eigenvalue weighted by Crippen LogP contribution is -2.31. The summed E-state index contributed by atoms with van der Waals surface area (Å²) in [5.74, 6) is 0.234. The van der Waals surface area contributed by atoms with Crippen LogP contribution in [-0.4, -0.2) is 48.0 Å². The molecule has 0 fully saturated rings. The van der Waals surface area contributed by atoms with E-state index in [1.165, 1.54) is 6.07 Å². The Morgan fingerprint density at radius 1 is 1.28 bits per heavy atom. The average molecular weight is 582 g/mol. The predicted octanol–water partition coefficient (Wildman–Crippen LogP) is 6.23. The van der Waals surface area contributed by atoms with Gasteiger partial charge >= 0.3 is 6.09 Å². The summed E-state index contributed by atoms with van der Waals surface area (Å²) < 4.78 is 33.2. The molecule has 1 amide bonds. The number of halogens is 2. The zero-order valence-corrected chi connectivity index (χ0v) is 23.5. The van der Waals surface area contributed by atoms with E-state index in [0.29, 0.717) is 34.8 Å². The highest BCUT2D eigenvalue weighted by Crippen LogP contribution is 2.32. The van der Waals surface area contributed by atoms with Crippen LogP contribution in [0.1, 0.15) is 18.1 Å². The van der Waals surface area contributed by atoms with Gasteiger partial charge in [-0.15, -0.1) is 0 Å². The lowest BCUT2D eigenvalue weighted by molar-refractivity contribution is 0.0858. The van der Waals surface area contributed by atoms with Gasteiger partial charge in [-0.25, -0.2) is 14.2 Å². The molecule has 0 spiro atoms. The molecule has 0 aliphatic rings. The summed E-state index contributed by atoms with van der Waals surface area (Å²) in [7, 11) is -1.28. The summed E-state index contributed by atoms with van der Waals surface area (Å²) >= 11 is 3.13. The molecule has 0 aliphatic heterocycles. The topological polar surface area (TPSA) is 107 Å². The lowest BCUT2D eigenvalue weighted by atomic mass is 10.1. The molecule has 0 saturated carbocycles. The maximum atomic E-state index is 14.3. The third-order valence-electron chi connectivity index (χ3n) is 5.25.